The minimum Gasteiger partial charge on any atom is -0.492 e. The van der Waals surface area contributed by atoms with Crippen LogP contribution in [0.25, 0.3) is 10.9 Å². The van der Waals surface area contributed by atoms with E-state index in [-0.39, 0.29) is 54.5 Å². The standard InChI is InChI=1S/C26H32FN3O7.ClH/c1-5-36-25(33)19(26(34)37-6-2)23(32)17-13-30(15-7-8-15)20-16(22(17)31)11-18(27)21(24(20)35-4)29-10-9-14(12-29)28-3;/h11,13-15,19,28H,5-10,12H2,1-4H3;1H/t14-;/m1./s1. The average Bonchev–Trinajstić information content (AvgIpc) is 3.60. The molecule has 0 bridgehead atoms. The third-order valence-electron chi connectivity index (χ3n) is 6.83. The first-order valence-corrected chi connectivity index (χ1v) is 12.5. The van der Waals surface area contributed by atoms with Gasteiger partial charge in [0.1, 0.15) is 5.69 Å². The van der Waals surface area contributed by atoms with Crippen molar-refractivity contribution in [2.24, 2.45) is 5.92 Å². The summed E-state index contributed by atoms with van der Waals surface area (Å²) in [5, 5.41) is 3.14. The van der Waals surface area contributed by atoms with E-state index in [4.69, 9.17) is 14.2 Å². The maximum absolute atomic E-state index is 15.6. The van der Waals surface area contributed by atoms with Gasteiger partial charge in [-0.3, -0.25) is 19.2 Å². The van der Waals surface area contributed by atoms with Crippen LogP contribution >= 0.6 is 12.4 Å². The van der Waals surface area contributed by atoms with Gasteiger partial charge in [0.05, 0.1) is 36.8 Å². The summed E-state index contributed by atoms with van der Waals surface area (Å²) in [6.45, 7) is 4.11. The number of nitrogens with zero attached hydrogens (tertiary/aromatic N) is 2. The van der Waals surface area contributed by atoms with Crippen molar-refractivity contribution in [3.05, 3.63) is 33.9 Å². The fourth-order valence-electron chi connectivity index (χ4n) is 4.86. The van der Waals surface area contributed by atoms with Crippen LogP contribution in [0, 0.1) is 11.7 Å². The van der Waals surface area contributed by atoms with E-state index in [1.54, 1.807) is 4.57 Å². The number of rotatable bonds is 10. The molecule has 1 aliphatic heterocycles. The van der Waals surface area contributed by atoms with Crippen LogP contribution in [0.3, 0.4) is 0 Å². The number of methoxy groups -OCH3 is 1. The van der Waals surface area contributed by atoms with Crippen LogP contribution in [0.5, 0.6) is 5.75 Å². The molecule has 2 aromatic rings. The molecular weight excluding hydrogens is 521 g/mol. The SMILES string of the molecule is CCOC(=O)C(C(=O)OCC)C(=O)c1cn(C2CC2)c2c(OC)c(N3CC[C@@H](NC)C3)c(F)cc2c1=O.Cl. The van der Waals surface area contributed by atoms with Crippen LogP contribution in [0.1, 0.15) is 49.5 Å². The summed E-state index contributed by atoms with van der Waals surface area (Å²) < 4.78 is 32.9. The van der Waals surface area contributed by atoms with Crippen molar-refractivity contribution in [2.45, 2.75) is 45.2 Å². The molecule has 208 valence electrons. The molecule has 4 rings (SSSR count). The first kappa shape index (κ1) is 29.4. The lowest BCUT2D eigenvalue weighted by Crippen LogP contribution is -2.37. The van der Waals surface area contributed by atoms with Crippen molar-refractivity contribution in [3.8, 4) is 5.75 Å². The lowest BCUT2D eigenvalue weighted by atomic mass is 9.96. The van der Waals surface area contributed by atoms with Gasteiger partial charge in [0.25, 0.3) is 0 Å². The fraction of sp³-hybridized carbons (Fsp3) is 0.538. The van der Waals surface area contributed by atoms with Crippen LogP contribution in [-0.4, -0.2) is 68.8 Å². The third-order valence-corrected chi connectivity index (χ3v) is 6.83. The summed E-state index contributed by atoms with van der Waals surface area (Å²) in [7, 11) is 3.27. The Morgan fingerprint density at radius 2 is 1.76 bits per heavy atom. The Hall–Kier alpha value is -3.18. The van der Waals surface area contributed by atoms with E-state index >= 15 is 4.39 Å². The molecule has 1 saturated heterocycles. The highest BCUT2D eigenvalue weighted by Gasteiger charge is 2.40. The zero-order valence-electron chi connectivity index (χ0n) is 21.9. The van der Waals surface area contributed by atoms with Crippen LogP contribution in [0.2, 0.25) is 0 Å². The number of nitrogens with one attached hydrogen (secondary N) is 1. The minimum atomic E-state index is -1.95. The van der Waals surface area contributed by atoms with Crippen LogP contribution in [0.15, 0.2) is 17.1 Å². The number of hydrogen-bond acceptors (Lipinski definition) is 9. The van der Waals surface area contributed by atoms with Gasteiger partial charge in [-0.15, -0.1) is 12.4 Å². The first-order chi connectivity index (χ1) is 17.8. The molecule has 10 nitrogen and oxygen atoms in total. The molecule has 1 aromatic heterocycles. The number of carbonyl (C=O) groups excluding carboxylic acids is 3. The Morgan fingerprint density at radius 3 is 2.26 bits per heavy atom. The number of likely N-dealkylation sites (N-methyl/N-ethyl adjacent to an activating group) is 1. The highest BCUT2D eigenvalue weighted by Crippen LogP contribution is 2.44. The molecule has 38 heavy (non-hydrogen) atoms. The number of Topliss-reactive ketones (excluding diaryl/α,β-unsaturated/α-hetero) is 1. The summed E-state index contributed by atoms with van der Waals surface area (Å²) >= 11 is 0. The summed E-state index contributed by atoms with van der Waals surface area (Å²) in [5.41, 5.74) is -0.568. The monoisotopic (exact) mass is 553 g/mol. The zero-order chi connectivity index (χ0) is 26.9. The number of halogens is 2. The van der Waals surface area contributed by atoms with Gasteiger partial charge in [-0.1, -0.05) is 0 Å². The van der Waals surface area contributed by atoms with E-state index in [0.717, 1.165) is 25.3 Å². The van der Waals surface area contributed by atoms with Gasteiger partial charge in [0.2, 0.25) is 5.92 Å². The number of carbonyl (C=O) groups is 3. The smallest absolute Gasteiger partial charge is 0.328 e. The van der Waals surface area contributed by atoms with Gasteiger partial charge < -0.3 is 29.0 Å². The minimum absolute atomic E-state index is 0. The van der Waals surface area contributed by atoms with Crippen LogP contribution in [-0.2, 0) is 19.1 Å². The summed E-state index contributed by atoms with van der Waals surface area (Å²) in [4.78, 5) is 54.0. The Balaban J connectivity index is 0.00000400. The van der Waals surface area contributed by atoms with Gasteiger partial charge in [0, 0.05) is 31.4 Å². The highest BCUT2D eigenvalue weighted by atomic mass is 35.5. The highest BCUT2D eigenvalue weighted by molar-refractivity contribution is 6.21. The molecule has 2 fully saturated rings. The second kappa shape index (κ2) is 12.1. The molecule has 0 unspecified atom stereocenters. The molecule has 1 N–H and O–H groups in total. The van der Waals surface area contributed by atoms with Gasteiger partial charge in [-0.05, 0) is 46.2 Å². The molecule has 1 aromatic carbocycles. The molecule has 2 heterocycles. The molecule has 2 aliphatic rings. The van der Waals surface area contributed by atoms with Gasteiger partial charge in [0.15, 0.2) is 22.8 Å². The lowest BCUT2D eigenvalue weighted by molar-refractivity contribution is -0.158. The van der Waals surface area contributed by atoms with E-state index in [1.807, 2.05) is 11.9 Å². The number of aromatic nitrogens is 1. The van der Waals surface area contributed by atoms with Crippen molar-refractivity contribution < 1.29 is 33.0 Å². The number of esters is 2. The van der Waals surface area contributed by atoms with Gasteiger partial charge >= 0.3 is 11.9 Å². The van der Waals surface area contributed by atoms with E-state index < -0.39 is 40.4 Å². The second-order valence-electron chi connectivity index (χ2n) is 9.17. The van der Waals surface area contributed by atoms with Crippen molar-refractivity contribution in [3.63, 3.8) is 0 Å². The average molecular weight is 554 g/mol. The first-order valence-electron chi connectivity index (χ1n) is 12.5. The normalized spacial score (nSPS) is 16.9. The summed E-state index contributed by atoms with van der Waals surface area (Å²) in [5.74, 6) is -5.64. The predicted molar refractivity (Wildman–Crippen MR) is 141 cm³/mol. The molecule has 0 spiro atoms. The number of hydrogen-bond donors (Lipinski definition) is 1. The lowest BCUT2D eigenvalue weighted by Gasteiger charge is -2.25. The van der Waals surface area contributed by atoms with E-state index in [0.29, 0.717) is 18.6 Å². The Kier molecular flexibility index (Phi) is 9.37. The van der Waals surface area contributed by atoms with Crippen LogP contribution in [0.4, 0.5) is 10.1 Å². The molecule has 1 atom stereocenters. The maximum atomic E-state index is 15.6. The fourth-order valence-corrected chi connectivity index (χ4v) is 4.86. The van der Waals surface area contributed by atoms with Crippen LogP contribution < -0.4 is 20.4 Å². The summed E-state index contributed by atoms with van der Waals surface area (Å²) in [6.07, 6.45) is 3.74. The number of anilines is 1. The Labute approximate surface area is 225 Å². The largest absolute Gasteiger partial charge is 0.492 e. The zero-order valence-corrected chi connectivity index (χ0v) is 22.7. The molecular formula is C26H33ClFN3O7. The molecule has 12 heteroatoms. The Morgan fingerprint density at radius 1 is 1.13 bits per heavy atom. The van der Waals surface area contributed by atoms with Crippen molar-refractivity contribution in [1.82, 2.24) is 9.88 Å². The second-order valence-corrected chi connectivity index (χ2v) is 9.17. The number of ether oxygens (including phenoxy) is 3. The quantitative estimate of drug-likeness (QED) is 0.269. The maximum Gasteiger partial charge on any atom is 0.328 e. The molecule has 1 saturated carbocycles. The molecule has 1 aliphatic carbocycles. The van der Waals surface area contributed by atoms with E-state index in [1.165, 1.54) is 27.2 Å². The number of benzene rings is 1. The third kappa shape index (κ3) is 5.35. The van der Waals surface area contributed by atoms with Gasteiger partial charge in [-0.2, -0.15) is 0 Å². The number of ketones is 1. The molecule has 0 radical (unpaired) electrons. The van der Waals surface area contributed by atoms with Crippen molar-refractivity contribution >= 4 is 46.7 Å². The predicted octanol–water partition coefficient (Wildman–Crippen LogP) is 2.63. The number of pyridine rings is 1. The number of fused-ring (bicyclic) bond motifs is 1. The Bertz CT molecular complexity index is 1280. The van der Waals surface area contributed by atoms with E-state index in [2.05, 4.69) is 5.32 Å². The van der Waals surface area contributed by atoms with E-state index in [9.17, 15) is 19.2 Å². The van der Waals surface area contributed by atoms with Crippen molar-refractivity contribution in [2.75, 3.05) is 45.4 Å². The van der Waals surface area contributed by atoms with Gasteiger partial charge in [-0.25, -0.2) is 4.39 Å². The topological polar surface area (TPSA) is 116 Å². The molecule has 0 amide bonds. The van der Waals surface area contributed by atoms with Crippen molar-refractivity contribution in [1.29, 1.82) is 0 Å². The summed E-state index contributed by atoms with van der Waals surface area (Å²) in [6, 6.07) is 1.25.